The molecule has 2 N–H and O–H groups in total. The maximum atomic E-state index is 12.5. The van der Waals surface area contributed by atoms with E-state index in [0.717, 1.165) is 30.4 Å². The van der Waals surface area contributed by atoms with Gasteiger partial charge in [-0.2, -0.15) is 0 Å². The van der Waals surface area contributed by atoms with Gasteiger partial charge in [-0.25, -0.2) is 0 Å². The molecule has 1 unspecified atom stereocenters. The third-order valence-electron chi connectivity index (χ3n) is 3.43. The van der Waals surface area contributed by atoms with Crippen LogP contribution in [-0.4, -0.2) is 37.6 Å². The predicted octanol–water partition coefficient (Wildman–Crippen LogP) is 2.53. The number of carbonyl (C=O) groups excluding carboxylic acids is 1. The molecule has 1 heterocycles. The first-order valence-corrected chi connectivity index (χ1v) is 7.24. The molecule has 1 aromatic rings. The summed E-state index contributed by atoms with van der Waals surface area (Å²) in [6, 6.07) is 5.33. The van der Waals surface area contributed by atoms with Crippen LogP contribution in [0.4, 0.5) is 5.69 Å². The molecule has 0 spiro atoms. The van der Waals surface area contributed by atoms with Gasteiger partial charge in [-0.15, -0.1) is 0 Å². The molecular formula is C14H19BrN2O2. The van der Waals surface area contributed by atoms with E-state index >= 15 is 0 Å². The summed E-state index contributed by atoms with van der Waals surface area (Å²) >= 11 is 3.42. The summed E-state index contributed by atoms with van der Waals surface area (Å²) < 4.78 is 5.98. The van der Waals surface area contributed by atoms with E-state index in [-0.39, 0.29) is 5.91 Å². The number of ether oxygens (including phenoxy) is 1. The smallest absolute Gasteiger partial charge is 0.255 e. The van der Waals surface area contributed by atoms with Gasteiger partial charge in [0.1, 0.15) is 0 Å². The van der Waals surface area contributed by atoms with Crippen molar-refractivity contribution in [2.45, 2.75) is 12.8 Å². The van der Waals surface area contributed by atoms with Crippen LogP contribution in [0.25, 0.3) is 0 Å². The minimum Gasteiger partial charge on any atom is -0.399 e. The number of hydrogen-bond donors (Lipinski definition) is 1. The number of nitrogens with zero attached hydrogens (tertiary/aromatic N) is 1. The Labute approximate surface area is 122 Å². The summed E-state index contributed by atoms with van der Waals surface area (Å²) in [7, 11) is 1.70. The number of halogens is 1. The van der Waals surface area contributed by atoms with Gasteiger partial charge >= 0.3 is 0 Å². The number of benzene rings is 1. The summed E-state index contributed by atoms with van der Waals surface area (Å²) in [6.45, 7) is 2.27. The zero-order chi connectivity index (χ0) is 13.8. The van der Waals surface area contributed by atoms with Crippen LogP contribution in [0.3, 0.4) is 0 Å². The van der Waals surface area contributed by atoms with Gasteiger partial charge in [-0.3, -0.25) is 4.79 Å². The van der Waals surface area contributed by atoms with Crippen LogP contribution < -0.4 is 5.73 Å². The van der Waals surface area contributed by atoms with Crippen molar-refractivity contribution in [2.24, 2.45) is 5.92 Å². The second-order valence-electron chi connectivity index (χ2n) is 4.95. The van der Waals surface area contributed by atoms with E-state index in [1.807, 2.05) is 11.0 Å². The Bertz CT molecular complexity index is 463. The maximum Gasteiger partial charge on any atom is 0.255 e. The standard InChI is InChI=1S/C14H19BrN2O2/c1-19-9-10-3-2-6-17(8-10)14(18)12-7-11(16)4-5-13(12)15/h4-5,7,10H,2-3,6,8-9,16H2,1H3. The van der Waals surface area contributed by atoms with Crippen LogP contribution >= 0.6 is 15.9 Å². The van der Waals surface area contributed by atoms with E-state index in [9.17, 15) is 4.79 Å². The molecule has 1 amide bonds. The number of nitrogen functional groups attached to an aromatic ring is 1. The highest BCUT2D eigenvalue weighted by molar-refractivity contribution is 9.10. The highest BCUT2D eigenvalue weighted by Gasteiger charge is 2.25. The lowest BCUT2D eigenvalue weighted by atomic mass is 9.98. The van der Waals surface area contributed by atoms with E-state index in [1.165, 1.54) is 0 Å². The SMILES string of the molecule is COCC1CCCN(C(=O)c2cc(N)ccc2Br)C1. The monoisotopic (exact) mass is 326 g/mol. The van der Waals surface area contributed by atoms with Gasteiger partial charge in [-0.05, 0) is 52.9 Å². The third kappa shape index (κ3) is 3.48. The Kier molecular flexibility index (Phi) is 4.82. The first kappa shape index (κ1) is 14.3. The van der Waals surface area contributed by atoms with Gasteiger partial charge in [0.2, 0.25) is 0 Å². The molecule has 1 aliphatic heterocycles. The first-order valence-electron chi connectivity index (χ1n) is 6.45. The number of piperidine rings is 1. The van der Waals surface area contributed by atoms with Crippen molar-refractivity contribution in [3.05, 3.63) is 28.2 Å². The zero-order valence-corrected chi connectivity index (χ0v) is 12.6. The fourth-order valence-electron chi connectivity index (χ4n) is 2.50. The second kappa shape index (κ2) is 6.39. The van der Waals surface area contributed by atoms with Gasteiger partial charge in [0.25, 0.3) is 5.91 Å². The molecule has 1 saturated heterocycles. The molecule has 1 aliphatic rings. The van der Waals surface area contributed by atoms with Crippen LogP contribution in [0.1, 0.15) is 23.2 Å². The molecule has 0 saturated carbocycles. The minimum atomic E-state index is 0.0416. The van der Waals surface area contributed by atoms with Gasteiger partial charge < -0.3 is 15.4 Å². The van der Waals surface area contributed by atoms with Crippen LogP contribution in [-0.2, 0) is 4.74 Å². The van der Waals surface area contributed by atoms with Crippen molar-refractivity contribution < 1.29 is 9.53 Å². The number of methoxy groups -OCH3 is 1. The minimum absolute atomic E-state index is 0.0416. The number of anilines is 1. The van der Waals surface area contributed by atoms with Gasteiger partial charge in [0.05, 0.1) is 12.2 Å². The molecule has 104 valence electrons. The highest BCUT2D eigenvalue weighted by Crippen LogP contribution is 2.24. The number of carbonyl (C=O) groups is 1. The molecule has 2 rings (SSSR count). The molecule has 0 radical (unpaired) electrons. The Balaban J connectivity index is 2.12. The van der Waals surface area contributed by atoms with E-state index < -0.39 is 0 Å². The highest BCUT2D eigenvalue weighted by atomic mass is 79.9. The van der Waals surface area contributed by atoms with Crippen molar-refractivity contribution in [2.75, 3.05) is 32.5 Å². The number of likely N-dealkylation sites (tertiary alicyclic amines) is 1. The average molecular weight is 327 g/mol. The molecule has 1 atom stereocenters. The molecule has 0 aromatic heterocycles. The van der Waals surface area contributed by atoms with Crippen molar-refractivity contribution in [1.82, 2.24) is 4.90 Å². The van der Waals surface area contributed by atoms with Crippen LogP contribution in [0.2, 0.25) is 0 Å². The predicted molar refractivity (Wildman–Crippen MR) is 79.1 cm³/mol. The fraction of sp³-hybridized carbons (Fsp3) is 0.500. The number of nitrogens with two attached hydrogens (primary N) is 1. The molecule has 4 nitrogen and oxygen atoms in total. The average Bonchev–Trinajstić information content (AvgIpc) is 2.41. The van der Waals surface area contributed by atoms with E-state index in [1.54, 1.807) is 19.2 Å². The third-order valence-corrected chi connectivity index (χ3v) is 4.12. The van der Waals surface area contributed by atoms with Gasteiger partial charge in [0, 0.05) is 30.4 Å². The lowest BCUT2D eigenvalue weighted by Crippen LogP contribution is -2.41. The normalized spacial score (nSPS) is 19.5. The van der Waals surface area contributed by atoms with Crippen molar-refractivity contribution >= 4 is 27.5 Å². The van der Waals surface area contributed by atoms with E-state index in [4.69, 9.17) is 10.5 Å². The van der Waals surface area contributed by atoms with Crippen LogP contribution in [0.15, 0.2) is 22.7 Å². The lowest BCUT2D eigenvalue weighted by molar-refractivity contribution is 0.0570. The van der Waals surface area contributed by atoms with E-state index in [2.05, 4.69) is 15.9 Å². The Morgan fingerprint density at radius 3 is 3.11 bits per heavy atom. The number of rotatable bonds is 3. The van der Waals surface area contributed by atoms with Crippen molar-refractivity contribution in [3.8, 4) is 0 Å². The molecule has 0 bridgehead atoms. The first-order chi connectivity index (χ1) is 9.11. The zero-order valence-electron chi connectivity index (χ0n) is 11.1. The summed E-state index contributed by atoms with van der Waals surface area (Å²) in [6.07, 6.45) is 2.15. The van der Waals surface area contributed by atoms with Crippen molar-refractivity contribution in [1.29, 1.82) is 0 Å². The summed E-state index contributed by atoms with van der Waals surface area (Å²) in [5.41, 5.74) is 7.00. The lowest BCUT2D eigenvalue weighted by Gasteiger charge is -2.32. The molecule has 0 aliphatic carbocycles. The van der Waals surface area contributed by atoms with Crippen LogP contribution in [0, 0.1) is 5.92 Å². The van der Waals surface area contributed by atoms with Gasteiger partial charge in [0.15, 0.2) is 0 Å². The molecule has 5 heteroatoms. The Hall–Kier alpha value is -1.07. The van der Waals surface area contributed by atoms with Gasteiger partial charge in [-0.1, -0.05) is 0 Å². The number of hydrogen-bond acceptors (Lipinski definition) is 3. The van der Waals surface area contributed by atoms with Crippen LogP contribution in [0.5, 0.6) is 0 Å². The summed E-state index contributed by atoms with van der Waals surface area (Å²) in [5.74, 6) is 0.475. The summed E-state index contributed by atoms with van der Waals surface area (Å²) in [5, 5.41) is 0. The second-order valence-corrected chi connectivity index (χ2v) is 5.81. The van der Waals surface area contributed by atoms with E-state index in [0.29, 0.717) is 23.8 Å². The Morgan fingerprint density at radius 1 is 1.58 bits per heavy atom. The topological polar surface area (TPSA) is 55.6 Å². The van der Waals surface area contributed by atoms with Crippen molar-refractivity contribution in [3.63, 3.8) is 0 Å². The molecule has 19 heavy (non-hydrogen) atoms. The quantitative estimate of drug-likeness (QED) is 0.868. The summed E-state index contributed by atoms with van der Waals surface area (Å²) in [4.78, 5) is 14.4. The molecule has 1 aromatic carbocycles. The maximum absolute atomic E-state index is 12.5. The number of amides is 1. The fourth-order valence-corrected chi connectivity index (χ4v) is 2.91. The largest absolute Gasteiger partial charge is 0.399 e. The Morgan fingerprint density at radius 2 is 2.37 bits per heavy atom. The molecule has 1 fully saturated rings. The molecular weight excluding hydrogens is 308 g/mol.